The van der Waals surface area contributed by atoms with Crippen LogP contribution >= 0.6 is 0 Å². The predicted molar refractivity (Wildman–Crippen MR) is 61.8 cm³/mol. The van der Waals surface area contributed by atoms with Crippen LogP contribution in [0.4, 0.5) is 0 Å². The summed E-state index contributed by atoms with van der Waals surface area (Å²) in [4.78, 5) is 10.8. The summed E-state index contributed by atoms with van der Waals surface area (Å²) in [5, 5.41) is 15.6. The highest BCUT2D eigenvalue weighted by Crippen LogP contribution is 2.08. The second kappa shape index (κ2) is 5.09. The first-order chi connectivity index (χ1) is 7.75. The highest BCUT2D eigenvalue weighted by molar-refractivity contribution is 5.87. The Kier molecular flexibility index (Phi) is 3.54. The summed E-state index contributed by atoms with van der Waals surface area (Å²) in [5.74, 6) is -0.864. The second-order valence-corrected chi connectivity index (χ2v) is 4.06. The molecule has 0 saturated carbocycles. The molecule has 1 aromatic rings. The van der Waals surface area contributed by atoms with Gasteiger partial charge in [0.2, 0.25) is 0 Å². The van der Waals surface area contributed by atoms with Gasteiger partial charge >= 0.3 is 5.97 Å². The average Bonchev–Trinajstić information content (AvgIpc) is 2.30. The van der Waals surface area contributed by atoms with Crippen LogP contribution in [0.5, 0.6) is 0 Å². The first-order valence-electron chi connectivity index (χ1n) is 5.52. The van der Waals surface area contributed by atoms with E-state index in [1.165, 1.54) is 0 Å². The van der Waals surface area contributed by atoms with E-state index in [-0.39, 0.29) is 0 Å². The molecule has 1 atom stereocenters. The van der Waals surface area contributed by atoms with E-state index in [2.05, 4.69) is 10.6 Å². The molecule has 2 rings (SSSR count). The van der Waals surface area contributed by atoms with E-state index >= 15 is 0 Å². The number of benzene rings is 1. The third-order valence-corrected chi connectivity index (χ3v) is 2.78. The number of piperazine rings is 1. The quantitative estimate of drug-likeness (QED) is 0.693. The summed E-state index contributed by atoms with van der Waals surface area (Å²) >= 11 is 0. The van der Waals surface area contributed by atoms with E-state index in [0.717, 1.165) is 31.6 Å². The maximum atomic E-state index is 10.8. The van der Waals surface area contributed by atoms with Crippen LogP contribution in [0.15, 0.2) is 24.3 Å². The van der Waals surface area contributed by atoms with Gasteiger partial charge in [0.15, 0.2) is 0 Å². The number of carbonyl (C=O) groups is 1. The van der Waals surface area contributed by atoms with Gasteiger partial charge in [-0.15, -0.1) is 0 Å². The van der Waals surface area contributed by atoms with E-state index in [0.29, 0.717) is 11.6 Å². The zero-order chi connectivity index (χ0) is 11.4. The van der Waals surface area contributed by atoms with E-state index in [1.54, 1.807) is 18.2 Å². The Morgan fingerprint density at radius 3 is 3.00 bits per heavy atom. The molecule has 16 heavy (non-hydrogen) atoms. The van der Waals surface area contributed by atoms with Crippen molar-refractivity contribution in [3.05, 3.63) is 35.4 Å². The SMILES string of the molecule is O=C(O)c1cccc(C[C@H]2CNCCN2)c1. The van der Waals surface area contributed by atoms with Crippen molar-refractivity contribution in [3.63, 3.8) is 0 Å². The van der Waals surface area contributed by atoms with Crippen LogP contribution in [0.1, 0.15) is 15.9 Å². The lowest BCUT2D eigenvalue weighted by atomic mass is 10.0. The fourth-order valence-corrected chi connectivity index (χ4v) is 1.97. The zero-order valence-electron chi connectivity index (χ0n) is 9.07. The monoisotopic (exact) mass is 220 g/mol. The molecule has 4 nitrogen and oxygen atoms in total. The van der Waals surface area contributed by atoms with Crippen molar-refractivity contribution >= 4 is 5.97 Å². The molecule has 0 aliphatic carbocycles. The molecule has 1 aliphatic heterocycles. The molecule has 1 heterocycles. The molecule has 0 unspecified atom stereocenters. The molecule has 1 aromatic carbocycles. The molecule has 0 aromatic heterocycles. The average molecular weight is 220 g/mol. The zero-order valence-corrected chi connectivity index (χ0v) is 9.07. The highest BCUT2D eigenvalue weighted by atomic mass is 16.4. The molecule has 0 spiro atoms. The molecule has 1 saturated heterocycles. The van der Waals surface area contributed by atoms with Gasteiger partial charge in [-0.3, -0.25) is 0 Å². The number of carboxylic acid groups (broad SMARTS) is 1. The molecule has 86 valence electrons. The Labute approximate surface area is 94.7 Å². The number of hydrogen-bond donors (Lipinski definition) is 3. The van der Waals surface area contributed by atoms with E-state index in [1.807, 2.05) is 6.07 Å². The lowest BCUT2D eigenvalue weighted by Crippen LogP contribution is -2.49. The standard InChI is InChI=1S/C12H16N2O2/c15-12(16)10-3-1-2-9(6-10)7-11-8-13-4-5-14-11/h1-3,6,11,13-14H,4-5,7-8H2,(H,15,16)/t11-/m0/s1. The Morgan fingerprint density at radius 1 is 1.44 bits per heavy atom. The number of carboxylic acids is 1. The number of aromatic carboxylic acids is 1. The molecule has 3 N–H and O–H groups in total. The van der Waals surface area contributed by atoms with Gasteiger partial charge in [0, 0.05) is 25.7 Å². The summed E-state index contributed by atoms with van der Waals surface area (Å²) in [6.45, 7) is 2.92. The third-order valence-electron chi connectivity index (χ3n) is 2.78. The first kappa shape index (κ1) is 11.1. The molecular formula is C12H16N2O2. The Morgan fingerprint density at radius 2 is 2.31 bits per heavy atom. The summed E-state index contributed by atoms with van der Waals surface area (Å²) in [6.07, 6.45) is 0.869. The van der Waals surface area contributed by atoms with Gasteiger partial charge < -0.3 is 15.7 Å². The van der Waals surface area contributed by atoms with Gasteiger partial charge in [-0.2, -0.15) is 0 Å². The molecule has 1 aliphatic rings. The van der Waals surface area contributed by atoms with Gasteiger partial charge in [0.25, 0.3) is 0 Å². The van der Waals surface area contributed by atoms with Gasteiger partial charge in [-0.05, 0) is 24.1 Å². The Bertz CT molecular complexity index is 373. The van der Waals surface area contributed by atoms with Crippen LogP contribution in [0.2, 0.25) is 0 Å². The van der Waals surface area contributed by atoms with Crippen molar-refractivity contribution in [1.29, 1.82) is 0 Å². The van der Waals surface area contributed by atoms with E-state index in [9.17, 15) is 4.79 Å². The van der Waals surface area contributed by atoms with Crippen molar-refractivity contribution in [2.75, 3.05) is 19.6 Å². The summed E-state index contributed by atoms with van der Waals surface area (Å²) in [7, 11) is 0. The Balaban J connectivity index is 2.02. The van der Waals surface area contributed by atoms with Crippen LogP contribution in [0.25, 0.3) is 0 Å². The number of nitrogens with one attached hydrogen (secondary N) is 2. The minimum Gasteiger partial charge on any atom is -0.478 e. The topological polar surface area (TPSA) is 61.4 Å². The smallest absolute Gasteiger partial charge is 0.335 e. The fourth-order valence-electron chi connectivity index (χ4n) is 1.97. The van der Waals surface area contributed by atoms with Crippen molar-refractivity contribution in [2.45, 2.75) is 12.5 Å². The highest BCUT2D eigenvalue weighted by Gasteiger charge is 2.13. The normalized spacial score (nSPS) is 20.6. The minimum atomic E-state index is -0.864. The predicted octanol–water partition coefficient (Wildman–Crippen LogP) is 0.489. The van der Waals surface area contributed by atoms with Gasteiger partial charge in [-0.25, -0.2) is 4.79 Å². The Hall–Kier alpha value is -1.39. The first-order valence-corrected chi connectivity index (χ1v) is 5.52. The summed E-state index contributed by atoms with van der Waals surface area (Å²) in [5.41, 5.74) is 1.43. The van der Waals surface area contributed by atoms with Crippen LogP contribution in [-0.4, -0.2) is 36.8 Å². The maximum absolute atomic E-state index is 10.8. The molecule has 1 fully saturated rings. The molecule has 0 radical (unpaired) electrons. The fraction of sp³-hybridized carbons (Fsp3) is 0.417. The van der Waals surface area contributed by atoms with Crippen molar-refractivity contribution < 1.29 is 9.90 Å². The lowest BCUT2D eigenvalue weighted by Gasteiger charge is -2.24. The van der Waals surface area contributed by atoms with Crippen LogP contribution < -0.4 is 10.6 Å². The van der Waals surface area contributed by atoms with Gasteiger partial charge in [0.05, 0.1) is 5.56 Å². The summed E-state index contributed by atoms with van der Waals surface area (Å²) in [6, 6.07) is 7.55. The largest absolute Gasteiger partial charge is 0.478 e. The molecule has 0 amide bonds. The maximum Gasteiger partial charge on any atom is 0.335 e. The number of hydrogen-bond acceptors (Lipinski definition) is 3. The summed E-state index contributed by atoms with van der Waals surface area (Å²) < 4.78 is 0. The minimum absolute atomic E-state index is 0.362. The molecule has 0 bridgehead atoms. The van der Waals surface area contributed by atoms with E-state index < -0.39 is 5.97 Å². The molecule has 4 heteroatoms. The third kappa shape index (κ3) is 2.81. The van der Waals surface area contributed by atoms with Gasteiger partial charge in [0.1, 0.15) is 0 Å². The lowest BCUT2D eigenvalue weighted by molar-refractivity contribution is 0.0696. The second-order valence-electron chi connectivity index (χ2n) is 4.06. The van der Waals surface area contributed by atoms with Crippen LogP contribution in [0, 0.1) is 0 Å². The van der Waals surface area contributed by atoms with Gasteiger partial charge in [-0.1, -0.05) is 12.1 Å². The van der Waals surface area contributed by atoms with Crippen molar-refractivity contribution in [1.82, 2.24) is 10.6 Å². The van der Waals surface area contributed by atoms with Crippen molar-refractivity contribution in [3.8, 4) is 0 Å². The van der Waals surface area contributed by atoms with Crippen molar-refractivity contribution in [2.24, 2.45) is 0 Å². The van der Waals surface area contributed by atoms with Crippen LogP contribution in [-0.2, 0) is 6.42 Å². The van der Waals surface area contributed by atoms with E-state index in [4.69, 9.17) is 5.11 Å². The van der Waals surface area contributed by atoms with Crippen LogP contribution in [0.3, 0.4) is 0 Å². The number of rotatable bonds is 3. The molecular weight excluding hydrogens is 204 g/mol.